The highest BCUT2D eigenvalue weighted by Crippen LogP contribution is 2.38. The van der Waals surface area contributed by atoms with Crippen molar-refractivity contribution in [3.63, 3.8) is 0 Å². The van der Waals surface area contributed by atoms with E-state index in [1.807, 2.05) is 48.5 Å². The first-order valence-corrected chi connectivity index (χ1v) is 17.2. The average Bonchev–Trinajstić information content (AvgIpc) is 3.56. The van der Waals surface area contributed by atoms with Crippen LogP contribution < -0.4 is 11.5 Å². The molecule has 6 heteroatoms. The third-order valence-electron chi connectivity index (χ3n) is 9.43. The van der Waals surface area contributed by atoms with Crippen LogP contribution in [0.2, 0.25) is 0 Å². The zero-order valence-electron chi connectivity index (χ0n) is 27.3. The first-order valence-electron chi connectivity index (χ1n) is 16.4. The van der Waals surface area contributed by atoms with E-state index in [1.54, 1.807) is 17.4 Å². The minimum Gasteiger partial charge on any atom is -0.396 e. The van der Waals surface area contributed by atoms with Crippen molar-refractivity contribution in [3.05, 3.63) is 118 Å². The molecule has 0 amide bonds. The van der Waals surface area contributed by atoms with E-state index in [0.29, 0.717) is 28.2 Å². The molecule has 1 aromatic heterocycles. The van der Waals surface area contributed by atoms with Crippen molar-refractivity contribution in [2.45, 2.75) is 66.2 Å². The molecule has 0 saturated carbocycles. The van der Waals surface area contributed by atoms with Crippen molar-refractivity contribution in [1.29, 1.82) is 10.8 Å². The van der Waals surface area contributed by atoms with Crippen molar-refractivity contribution in [1.82, 2.24) is 0 Å². The number of hydrogen-bond donors (Lipinski definition) is 4. The van der Waals surface area contributed by atoms with Crippen molar-refractivity contribution < 1.29 is 4.39 Å². The number of nitrogens with one attached hydrogen (secondary N) is 2. The number of halogens is 1. The number of aryl methyl sites for hydroxylation is 2. The monoisotopic (exact) mass is 632 g/mol. The van der Waals surface area contributed by atoms with Crippen LogP contribution in [0.25, 0.3) is 32.7 Å². The Bertz CT molecular complexity index is 1790. The Labute approximate surface area is 277 Å². The summed E-state index contributed by atoms with van der Waals surface area (Å²) in [4.78, 5) is 1.88. The summed E-state index contributed by atoms with van der Waals surface area (Å²) in [5.74, 6) is 1.10. The topological polar surface area (TPSA) is 99.7 Å². The van der Waals surface area contributed by atoms with Crippen LogP contribution in [0.1, 0.15) is 74.9 Å². The highest BCUT2D eigenvalue weighted by Gasteiger charge is 2.30. The molecule has 0 spiro atoms. The Morgan fingerprint density at radius 1 is 0.630 bits per heavy atom. The van der Waals surface area contributed by atoms with Gasteiger partial charge in [0.05, 0.1) is 22.8 Å². The highest BCUT2D eigenvalue weighted by molar-refractivity contribution is 7.17. The zero-order valence-corrected chi connectivity index (χ0v) is 28.2. The lowest BCUT2D eigenvalue weighted by Crippen LogP contribution is -2.29. The molecule has 5 rings (SSSR count). The molecule has 0 fully saturated rings. The van der Waals surface area contributed by atoms with Crippen LogP contribution in [0.4, 0.5) is 4.39 Å². The van der Waals surface area contributed by atoms with E-state index in [9.17, 15) is 0 Å². The molecule has 2 atom stereocenters. The van der Waals surface area contributed by atoms with E-state index in [2.05, 4.69) is 52.0 Å². The molecule has 238 valence electrons. The van der Waals surface area contributed by atoms with E-state index in [1.165, 1.54) is 18.4 Å². The van der Waals surface area contributed by atoms with Gasteiger partial charge in [0.25, 0.3) is 0 Å². The van der Waals surface area contributed by atoms with Gasteiger partial charge >= 0.3 is 0 Å². The predicted octanol–water partition coefficient (Wildman–Crippen LogP) is 10.3. The summed E-state index contributed by atoms with van der Waals surface area (Å²) in [5.41, 5.74) is 20.1. The maximum atomic E-state index is 15.1. The molecule has 0 radical (unpaired) electrons. The lowest BCUT2D eigenvalue weighted by atomic mass is 9.85. The van der Waals surface area contributed by atoms with E-state index in [4.69, 9.17) is 22.3 Å². The molecule has 46 heavy (non-hydrogen) atoms. The molecule has 4 aromatic rings. The van der Waals surface area contributed by atoms with Crippen LogP contribution in [0, 0.1) is 28.5 Å². The number of nitrogens with two attached hydrogens (primary N) is 2. The quantitative estimate of drug-likeness (QED) is 0.117. The fourth-order valence-electron chi connectivity index (χ4n) is 5.81. The van der Waals surface area contributed by atoms with Gasteiger partial charge < -0.3 is 11.5 Å². The molecule has 1 heterocycles. The van der Waals surface area contributed by atoms with E-state index >= 15 is 4.39 Å². The highest BCUT2D eigenvalue weighted by atomic mass is 32.1. The SMILES string of the molecule is CCC(C)CCc1ccc(-c2ccc(C3=C(N)C(=N)C(c4ccc(-c5ccc(CCC(C)CC)cc5F)cc4)=C(N)C3=N)s2)cc1. The minimum atomic E-state index is -0.245. The Morgan fingerprint density at radius 3 is 1.74 bits per heavy atom. The van der Waals surface area contributed by atoms with Gasteiger partial charge in [0.2, 0.25) is 0 Å². The Balaban J connectivity index is 1.33. The number of hydrogen-bond acceptors (Lipinski definition) is 5. The summed E-state index contributed by atoms with van der Waals surface area (Å²) in [6.45, 7) is 8.93. The van der Waals surface area contributed by atoms with E-state index in [-0.39, 0.29) is 28.6 Å². The Kier molecular flexibility index (Phi) is 10.4. The molecular formula is C40H45FN4S. The Hall–Kier alpha value is -4.29. The van der Waals surface area contributed by atoms with Crippen molar-refractivity contribution in [2.24, 2.45) is 23.3 Å². The normalized spacial score (nSPS) is 15.1. The minimum absolute atomic E-state index is 0.0914. The molecule has 0 bridgehead atoms. The maximum Gasteiger partial charge on any atom is 0.131 e. The summed E-state index contributed by atoms with van der Waals surface area (Å²) in [7, 11) is 0. The predicted molar refractivity (Wildman–Crippen MR) is 195 cm³/mol. The average molecular weight is 633 g/mol. The van der Waals surface area contributed by atoms with Crippen LogP contribution in [0.15, 0.2) is 90.3 Å². The second kappa shape index (κ2) is 14.4. The van der Waals surface area contributed by atoms with Crippen LogP contribution in [-0.4, -0.2) is 11.4 Å². The van der Waals surface area contributed by atoms with Crippen molar-refractivity contribution in [2.75, 3.05) is 0 Å². The van der Waals surface area contributed by atoms with Gasteiger partial charge in [-0.3, -0.25) is 10.8 Å². The molecule has 2 unspecified atom stereocenters. The van der Waals surface area contributed by atoms with Crippen molar-refractivity contribution in [3.8, 4) is 21.6 Å². The molecule has 0 saturated heterocycles. The van der Waals surface area contributed by atoms with Gasteiger partial charge in [0.1, 0.15) is 5.82 Å². The van der Waals surface area contributed by atoms with Crippen molar-refractivity contribution >= 4 is 33.9 Å². The second-order valence-corrected chi connectivity index (χ2v) is 13.8. The fraction of sp³-hybridized carbons (Fsp3) is 0.300. The molecular weight excluding hydrogens is 588 g/mol. The van der Waals surface area contributed by atoms with Gasteiger partial charge in [-0.2, -0.15) is 0 Å². The first kappa shape index (κ1) is 33.1. The smallest absolute Gasteiger partial charge is 0.131 e. The lowest BCUT2D eigenvalue weighted by Gasteiger charge is -2.23. The molecule has 6 N–H and O–H groups in total. The number of thiophene rings is 1. The third kappa shape index (κ3) is 7.07. The van der Waals surface area contributed by atoms with Gasteiger partial charge in [0.15, 0.2) is 0 Å². The standard InChI is InChI=1S/C40H45FN4S/c1-5-24(3)7-9-26-11-14-29(15-12-26)33-21-22-34(46-33)36-39(44)37(42)35(38(43)40(36)45)30-18-16-28(17-19-30)31-20-13-27(23-32(31)41)10-8-25(4)6-2/h11-25,42,45H,5-10,43-44H2,1-4H3. The lowest BCUT2D eigenvalue weighted by molar-refractivity contribution is 0.515. The third-order valence-corrected chi connectivity index (χ3v) is 10.6. The second-order valence-electron chi connectivity index (χ2n) is 12.7. The molecule has 3 aromatic carbocycles. The van der Waals surface area contributed by atoms with Gasteiger partial charge in [0, 0.05) is 26.5 Å². The summed E-state index contributed by atoms with van der Waals surface area (Å²) >= 11 is 1.55. The molecule has 0 aliphatic heterocycles. The summed E-state index contributed by atoms with van der Waals surface area (Å²) < 4.78 is 15.1. The van der Waals surface area contributed by atoms with E-state index < -0.39 is 0 Å². The number of allylic oxidation sites excluding steroid dienone is 2. The first-order chi connectivity index (χ1) is 22.1. The number of benzene rings is 3. The number of rotatable bonds is 12. The molecule has 1 aliphatic rings. The summed E-state index contributed by atoms with van der Waals surface area (Å²) in [5, 5.41) is 17.9. The summed E-state index contributed by atoms with van der Waals surface area (Å²) in [6, 6.07) is 25.5. The largest absolute Gasteiger partial charge is 0.396 e. The van der Waals surface area contributed by atoms with Gasteiger partial charge in [-0.15, -0.1) is 11.3 Å². The zero-order chi connectivity index (χ0) is 33.0. The fourth-order valence-corrected chi connectivity index (χ4v) is 6.88. The van der Waals surface area contributed by atoms with Crippen LogP contribution in [0.5, 0.6) is 0 Å². The summed E-state index contributed by atoms with van der Waals surface area (Å²) in [6.07, 6.45) is 6.49. The van der Waals surface area contributed by atoms with Crippen LogP contribution in [0.3, 0.4) is 0 Å². The van der Waals surface area contributed by atoms with E-state index in [0.717, 1.165) is 58.0 Å². The van der Waals surface area contributed by atoms with Crippen LogP contribution >= 0.6 is 11.3 Å². The Morgan fingerprint density at radius 2 is 1.13 bits per heavy atom. The molecule has 4 nitrogen and oxygen atoms in total. The maximum absolute atomic E-state index is 15.1. The van der Waals surface area contributed by atoms with Gasteiger partial charge in [-0.25, -0.2) is 4.39 Å². The van der Waals surface area contributed by atoms with Gasteiger partial charge in [-0.1, -0.05) is 101 Å². The van der Waals surface area contributed by atoms with Crippen LogP contribution in [-0.2, 0) is 12.8 Å². The van der Waals surface area contributed by atoms with Gasteiger partial charge in [-0.05, 0) is 83.5 Å². The molecule has 1 aliphatic carbocycles.